The predicted molar refractivity (Wildman–Crippen MR) is 70.3 cm³/mol. The third-order valence-electron chi connectivity index (χ3n) is 4.32. The summed E-state index contributed by atoms with van der Waals surface area (Å²) in [5.74, 6) is -0.202. The van der Waals surface area contributed by atoms with Gasteiger partial charge in [0, 0.05) is 24.7 Å². The van der Waals surface area contributed by atoms with Gasteiger partial charge in [-0.1, -0.05) is 0 Å². The second-order valence-electron chi connectivity index (χ2n) is 5.53. The highest BCUT2D eigenvalue weighted by molar-refractivity contribution is 5.84. The van der Waals surface area contributed by atoms with E-state index in [-0.39, 0.29) is 23.6 Å². The van der Waals surface area contributed by atoms with Gasteiger partial charge in [-0.3, -0.25) is 9.69 Å². The molecule has 2 N–H and O–H groups in total. The third-order valence-corrected chi connectivity index (χ3v) is 4.32. The van der Waals surface area contributed by atoms with E-state index in [1.165, 1.54) is 0 Å². The highest BCUT2D eigenvalue weighted by Crippen LogP contribution is 2.29. The first-order chi connectivity index (χ1) is 9.56. The number of aromatic carboxylic acids is 1. The molecule has 3 heterocycles. The van der Waals surface area contributed by atoms with Crippen LogP contribution in [0.5, 0.6) is 0 Å². The van der Waals surface area contributed by atoms with Gasteiger partial charge in [0.05, 0.1) is 5.92 Å². The van der Waals surface area contributed by atoms with Crippen molar-refractivity contribution in [2.24, 2.45) is 5.92 Å². The number of hydrogen-bond acceptors (Lipinski definition) is 4. The molecule has 0 radical (unpaired) electrons. The smallest absolute Gasteiger partial charge is 0.371 e. The second kappa shape index (κ2) is 4.94. The number of carboxylic acid groups (broad SMARTS) is 1. The normalized spacial score (nSPS) is 26.4. The number of rotatable bonds is 3. The lowest BCUT2D eigenvalue weighted by molar-refractivity contribution is -0.124. The van der Waals surface area contributed by atoms with Crippen molar-refractivity contribution in [3.8, 4) is 0 Å². The number of piperidine rings is 1. The predicted octanol–water partition coefficient (Wildman–Crippen LogP) is 0.997. The van der Waals surface area contributed by atoms with Crippen molar-refractivity contribution >= 4 is 11.9 Å². The third kappa shape index (κ3) is 2.20. The van der Waals surface area contributed by atoms with E-state index < -0.39 is 5.97 Å². The summed E-state index contributed by atoms with van der Waals surface area (Å²) in [4.78, 5) is 24.9. The number of carboxylic acids is 1. The number of nitrogens with zero attached hydrogens (tertiary/aromatic N) is 1. The molecule has 0 aliphatic carbocycles. The molecule has 0 bridgehead atoms. The molecule has 2 saturated heterocycles. The van der Waals surface area contributed by atoms with Crippen molar-refractivity contribution in [2.45, 2.75) is 32.4 Å². The molecule has 2 atom stereocenters. The van der Waals surface area contributed by atoms with Gasteiger partial charge in [0.15, 0.2) is 0 Å². The maximum Gasteiger partial charge on any atom is 0.371 e. The molecule has 1 aromatic heterocycles. The number of aryl methyl sites for hydroxylation is 1. The highest BCUT2D eigenvalue weighted by Gasteiger charge is 2.40. The Hall–Kier alpha value is -1.82. The summed E-state index contributed by atoms with van der Waals surface area (Å²) in [5.41, 5.74) is 0.891. The molecule has 3 rings (SSSR count). The summed E-state index contributed by atoms with van der Waals surface area (Å²) >= 11 is 0. The van der Waals surface area contributed by atoms with E-state index in [1.54, 1.807) is 13.0 Å². The standard InChI is InChI=1S/C14H18N2O4/c1-8-9(5-12(20-8)14(18)19)7-16-4-2-3-10-11(16)6-15-13(10)17/h5,10-11H,2-4,6-7H2,1H3,(H,15,17)(H,18,19). The SMILES string of the molecule is Cc1oc(C(=O)O)cc1CN1CCCC2C(=O)NCC21. The summed E-state index contributed by atoms with van der Waals surface area (Å²) in [6, 6.07) is 1.81. The number of likely N-dealkylation sites (tertiary alicyclic amines) is 1. The molecule has 108 valence electrons. The van der Waals surface area contributed by atoms with Crippen molar-refractivity contribution in [2.75, 3.05) is 13.1 Å². The van der Waals surface area contributed by atoms with Crippen LogP contribution >= 0.6 is 0 Å². The maximum absolute atomic E-state index is 11.7. The van der Waals surface area contributed by atoms with Crippen molar-refractivity contribution in [1.82, 2.24) is 10.2 Å². The Bertz CT molecular complexity index is 551. The molecular weight excluding hydrogens is 260 g/mol. The quantitative estimate of drug-likeness (QED) is 0.861. The van der Waals surface area contributed by atoms with E-state index in [0.29, 0.717) is 18.8 Å². The lowest BCUT2D eigenvalue weighted by atomic mass is 9.91. The van der Waals surface area contributed by atoms with Crippen LogP contribution in [-0.4, -0.2) is 41.0 Å². The Morgan fingerprint density at radius 2 is 2.40 bits per heavy atom. The number of carbonyl (C=O) groups is 2. The van der Waals surface area contributed by atoms with Crippen LogP contribution < -0.4 is 5.32 Å². The lowest BCUT2D eigenvalue weighted by Crippen LogP contribution is -2.44. The largest absolute Gasteiger partial charge is 0.475 e. The van der Waals surface area contributed by atoms with Crippen LogP contribution in [0.4, 0.5) is 0 Å². The van der Waals surface area contributed by atoms with Crippen molar-refractivity contribution < 1.29 is 19.1 Å². The molecule has 6 nitrogen and oxygen atoms in total. The molecule has 1 amide bonds. The first kappa shape index (κ1) is 13.2. The summed E-state index contributed by atoms with van der Waals surface area (Å²) in [7, 11) is 0. The number of nitrogens with one attached hydrogen (secondary N) is 1. The van der Waals surface area contributed by atoms with Crippen molar-refractivity contribution in [1.29, 1.82) is 0 Å². The molecule has 2 aliphatic rings. The Morgan fingerprint density at radius 3 is 3.10 bits per heavy atom. The first-order valence-electron chi connectivity index (χ1n) is 6.90. The molecule has 1 aromatic rings. The van der Waals surface area contributed by atoms with E-state index in [4.69, 9.17) is 9.52 Å². The second-order valence-corrected chi connectivity index (χ2v) is 5.53. The molecular formula is C14H18N2O4. The van der Waals surface area contributed by atoms with Gasteiger partial charge in [-0.25, -0.2) is 4.79 Å². The van der Waals surface area contributed by atoms with Gasteiger partial charge >= 0.3 is 5.97 Å². The zero-order valence-corrected chi connectivity index (χ0v) is 11.4. The van der Waals surface area contributed by atoms with Gasteiger partial charge in [-0.05, 0) is 32.4 Å². The zero-order valence-electron chi connectivity index (χ0n) is 11.4. The average Bonchev–Trinajstić information content (AvgIpc) is 2.96. The Balaban J connectivity index is 1.77. The highest BCUT2D eigenvalue weighted by atomic mass is 16.4. The topological polar surface area (TPSA) is 82.8 Å². The van der Waals surface area contributed by atoms with Gasteiger partial charge in [0.25, 0.3) is 0 Å². The van der Waals surface area contributed by atoms with Crippen molar-refractivity contribution in [3.05, 3.63) is 23.2 Å². The summed E-state index contributed by atoms with van der Waals surface area (Å²) in [6.45, 7) is 4.04. The van der Waals surface area contributed by atoms with Crippen LogP contribution in [0.25, 0.3) is 0 Å². The van der Waals surface area contributed by atoms with E-state index in [1.807, 2.05) is 0 Å². The molecule has 0 saturated carbocycles. The fourth-order valence-corrected chi connectivity index (χ4v) is 3.24. The molecule has 0 aromatic carbocycles. The van der Waals surface area contributed by atoms with Crippen LogP contribution in [0.1, 0.15) is 34.7 Å². The van der Waals surface area contributed by atoms with Crippen molar-refractivity contribution in [3.63, 3.8) is 0 Å². The first-order valence-corrected chi connectivity index (χ1v) is 6.90. The lowest BCUT2D eigenvalue weighted by Gasteiger charge is -2.35. The van der Waals surface area contributed by atoms with Gasteiger partial charge in [-0.15, -0.1) is 0 Å². The fraction of sp³-hybridized carbons (Fsp3) is 0.571. The number of amides is 1. The van der Waals surface area contributed by atoms with Gasteiger partial charge < -0.3 is 14.8 Å². The molecule has 0 spiro atoms. The summed E-state index contributed by atoms with van der Waals surface area (Å²) in [5, 5.41) is 11.9. The zero-order chi connectivity index (χ0) is 14.3. The van der Waals surface area contributed by atoms with Crippen LogP contribution in [-0.2, 0) is 11.3 Å². The number of carbonyl (C=O) groups excluding carboxylic acids is 1. The van der Waals surface area contributed by atoms with Crippen LogP contribution in [0, 0.1) is 12.8 Å². The fourth-order valence-electron chi connectivity index (χ4n) is 3.24. The van der Waals surface area contributed by atoms with Gasteiger partial charge in [-0.2, -0.15) is 0 Å². The minimum absolute atomic E-state index is 0.0216. The van der Waals surface area contributed by atoms with E-state index in [0.717, 1.165) is 24.9 Å². The van der Waals surface area contributed by atoms with Gasteiger partial charge in [0.2, 0.25) is 11.7 Å². The minimum Gasteiger partial charge on any atom is -0.475 e. The Labute approximate surface area is 116 Å². The number of fused-ring (bicyclic) bond motifs is 1. The van der Waals surface area contributed by atoms with E-state index >= 15 is 0 Å². The molecule has 6 heteroatoms. The molecule has 2 fully saturated rings. The van der Waals surface area contributed by atoms with Crippen LogP contribution in [0.15, 0.2) is 10.5 Å². The van der Waals surface area contributed by atoms with E-state index in [2.05, 4.69) is 10.2 Å². The average molecular weight is 278 g/mol. The minimum atomic E-state index is -1.05. The number of furan rings is 1. The maximum atomic E-state index is 11.7. The van der Waals surface area contributed by atoms with E-state index in [9.17, 15) is 9.59 Å². The monoisotopic (exact) mass is 278 g/mol. The van der Waals surface area contributed by atoms with Crippen LogP contribution in [0.3, 0.4) is 0 Å². The molecule has 2 aliphatic heterocycles. The van der Waals surface area contributed by atoms with Crippen LogP contribution in [0.2, 0.25) is 0 Å². The summed E-state index contributed by atoms with van der Waals surface area (Å²) in [6.07, 6.45) is 1.94. The number of hydrogen-bond donors (Lipinski definition) is 2. The molecule has 2 unspecified atom stereocenters. The van der Waals surface area contributed by atoms with Gasteiger partial charge in [0.1, 0.15) is 5.76 Å². The summed E-state index contributed by atoms with van der Waals surface area (Å²) < 4.78 is 5.24. The Morgan fingerprint density at radius 1 is 1.60 bits per heavy atom. The Kier molecular flexibility index (Phi) is 3.25. The molecule has 20 heavy (non-hydrogen) atoms.